The standard InChI is InChI=1S/C18H27NO5/c1-6-7-15(18(21)24-5)12-19(13(2)20)11-14-8-9-16(22-3)10-17(14)23-4/h8-10,15H,6-7,11-12H2,1-5H3. The monoisotopic (exact) mass is 337 g/mol. The van der Waals surface area contributed by atoms with Crippen molar-refractivity contribution < 1.29 is 23.8 Å². The van der Waals surface area contributed by atoms with Gasteiger partial charge in [-0.2, -0.15) is 0 Å². The van der Waals surface area contributed by atoms with E-state index in [-0.39, 0.29) is 17.8 Å². The lowest BCUT2D eigenvalue weighted by atomic mass is 10.0. The van der Waals surface area contributed by atoms with Crippen molar-refractivity contribution in [3.8, 4) is 11.5 Å². The van der Waals surface area contributed by atoms with E-state index in [4.69, 9.17) is 14.2 Å². The van der Waals surface area contributed by atoms with E-state index in [1.807, 2.05) is 19.1 Å². The smallest absolute Gasteiger partial charge is 0.310 e. The number of methoxy groups -OCH3 is 3. The zero-order chi connectivity index (χ0) is 18.1. The van der Waals surface area contributed by atoms with Gasteiger partial charge >= 0.3 is 5.97 Å². The van der Waals surface area contributed by atoms with Gasteiger partial charge in [-0.15, -0.1) is 0 Å². The lowest BCUT2D eigenvalue weighted by molar-refractivity contribution is -0.147. The first-order valence-electron chi connectivity index (χ1n) is 8.01. The lowest BCUT2D eigenvalue weighted by Gasteiger charge is -2.26. The number of benzene rings is 1. The van der Waals surface area contributed by atoms with Crippen LogP contribution in [0, 0.1) is 5.92 Å². The molecule has 0 aliphatic carbocycles. The first-order valence-corrected chi connectivity index (χ1v) is 8.01. The minimum Gasteiger partial charge on any atom is -0.497 e. The second kappa shape index (κ2) is 9.80. The fourth-order valence-corrected chi connectivity index (χ4v) is 2.56. The summed E-state index contributed by atoms with van der Waals surface area (Å²) in [5.41, 5.74) is 0.855. The Labute approximate surface area is 143 Å². The largest absolute Gasteiger partial charge is 0.497 e. The van der Waals surface area contributed by atoms with E-state index in [1.165, 1.54) is 14.0 Å². The van der Waals surface area contributed by atoms with Crippen LogP contribution in [0.15, 0.2) is 18.2 Å². The molecule has 6 nitrogen and oxygen atoms in total. The second-order valence-electron chi connectivity index (χ2n) is 5.59. The third kappa shape index (κ3) is 5.44. The quantitative estimate of drug-likeness (QED) is 0.648. The van der Waals surface area contributed by atoms with Crippen molar-refractivity contribution in [3.63, 3.8) is 0 Å². The molecule has 6 heteroatoms. The molecule has 1 rings (SSSR count). The number of esters is 1. The van der Waals surface area contributed by atoms with Gasteiger partial charge in [0.2, 0.25) is 5.91 Å². The fourth-order valence-electron chi connectivity index (χ4n) is 2.56. The van der Waals surface area contributed by atoms with Crippen molar-refractivity contribution in [3.05, 3.63) is 23.8 Å². The molecular formula is C18H27NO5. The summed E-state index contributed by atoms with van der Waals surface area (Å²) < 4.78 is 15.4. The van der Waals surface area contributed by atoms with Gasteiger partial charge in [0.15, 0.2) is 0 Å². The Morgan fingerprint density at radius 2 is 1.88 bits per heavy atom. The molecule has 1 atom stereocenters. The van der Waals surface area contributed by atoms with E-state index in [1.54, 1.807) is 25.2 Å². The zero-order valence-corrected chi connectivity index (χ0v) is 15.1. The van der Waals surface area contributed by atoms with Crippen LogP contribution in [0.4, 0.5) is 0 Å². The van der Waals surface area contributed by atoms with Gasteiger partial charge in [-0.3, -0.25) is 9.59 Å². The van der Waals surface area contributed by atoms with Gasteiger partial charge in [0, 0.05) is 31.6 Å². The maximum absolute atomic E-state index is 12.0. The van der Waals surface area contributed by atoms with E-state index >= 15 is 0 Å². The van der Waals surface area contributed by atoms with Gasteiger partial charge in [-0.25, -0.2) is 0 Å². The molecule has 1 amide bonds. The highest BCUT2D eigenvalue weighted by atomic mass is 16.5. The SMILES string of the molecule is CCCC(CN(Cc1ccc(OC)cc1OC)C(C)=O)C(=O)OC. The van der Waals surface area contributed by atoms with Crippen LogP contribution in [-0.2, 0) is 20.9 Å². The Morgan fingerprint density at radius 1 is 1.17 bits per heavy atom. The van der Waals surface area contributed by atoms with Crippen LogP contribution in [0.3, 0.4) is 0 Å². The molecule has 1 unspecified atom stereocenters. The molecule has 1 aromatic carbocycles. The molecule has 0 bridgehead atoms. The maximum atomic E-state index is 12.0. The minimum absolute atomic E-state index is 0.0992. The first kappa shape index (κ1) is 19.8. The summed E-state index contributed by atoms with van der Waals surface area (Å²) in [5, 5.41) is 0. The fraction of sp³-hybridized carbons (Fsp3) is 0.556. The molecule has 134 valence electrons. The molecule has 0 saturated carbocycles. The van der Waals surface area contributed by atoms with Gasteiger partial charge in [-0.1, -0.05) is 13.3 Å². The maximum Gasteiger partial charge on any atom is 0.310 e. The van der Waals surface area contributed by atoms with Crippen molar-refractivity contribution in [1.82, 2.24) is 4.90 Å². The van der Waals surface area contributed by atoms with E-state index in [9.17, 15) is 9.59 Å². The summed E-state index contributed by atoms with van der Waals surface area (Å²) in [5.74, 6) is 0.616. The van der Waals surface area contributed by atoms with Crippen LogP contribution < -0.4 is 9.47 Å². The van der Waals surface area contributed by atoms with Crippen LogP contribution in [0.5, 0.6) is 11.5 Å². The summed E-state index contributed by atoms with van der Waals surface area (Å²) in [6.45, 7) is 4.18. The summed E-state index contributed by atoms with van der Waals surface area (Å²) >= 11 is 0. The molecule has 0 aliphatic heterocycles. The molecule has 1 aromatic rings. The second-order valence-corrected chi connectivity index (χ2v) is 5.59. The summed E-state index contributed by atoms with van der Waals surface area (Å²) in [4.78, 5) is 25.6. The number of amides is 1. The number of rotatable bonds is 9. The lowest BCUT2D eigenvalue weighted by Crippen LogP contribution is -2.36. The Bertz CT molecular complexity index is 558. The molecule has 0 aliphatic rings. The van der Waals surface area contributed by atoms with Crippen LogP contribution in [0.1, 0.15) is 32.3 Å². The minimum atomic E-state index is -0.326. The number of carbonyl (C=O) groups excluding carboxylic acids is 2. The molecule has 0 radical (unpaired) electrons. The van der Waals surface area contributed by atoms with Crippen LogP contribution >= 0.6 is 0 Å². The van der Waals surface area contributed by atoms with Crippen molar-refractivity contribution in [2.75, 3.05) is 27.9 Å². The van der Waals surface area contributed by atoms with Gasteiger partial charge in [-0.05, 0) is 18.6 Å². The molecule has 24 heavy (non-hydrogen) atoms. The van der Waals surface area contributed by atoms with E-state index in [0.29, 0.717) is 31.0 Å². The van der Waals surface area contributed by atoms with Gasteiger partial charge in [0.05, 0.1) is 27.2 Å². The van der Waals surface area contributed by atoms with Crippen molar-refractivity contribution in [1.29, 1.82) is 0 Å². The highest BCUT2D eigenvalue weighted by Gasteiger charge is 2.24. The molecule has 0 fully saturated rings. The summed E-state index contributed by atoms with van der Waals surface area (Å²) in [7, 11) is 4.53. The van der Waals surface area contributed by atoms with Gasteiger partial charge in [0.25, 0.3) is 0 Å². The predicted molar refractivity (Wildman–Crippen MR) is 91.1 cm³/mol. The molecule has 0 saturated heterocycles. The summed E-state index contributed by atoms with van der Waals surface area (Å²) in [6.07, 6.45) is 1.52. The molecule has 0 heterocycles. The molecule has 0 aromatic heterocycles. The highest BCUT2D eigenvalue weighted by Crippen LogP contribution is 2.26. The van der Waals surface area contributed by atoms with Crippen LogP contribution in [-0.4, -0.2) is 44.7 Å². The molecule has 0 spiro atoms. The zero-order valence-electron chi connectivity index (χ0n) is 15.1. The Balaban J connectivity index is 2.97. The number of carbonyl (C=O) groups is 2. The van der Waals surface area contributed by atoms with Crippen LogP contribution in [0.25, 0.3) is 0 Å². The van der Waals surface area contributed by atoms with E-state index in [2.05, 4.69) is 0 Å². The van der Waals surface area contributed by atoms with Crippen molar-refractivity contribution >= 4 is 11.9 Å². The van der Waals surface area contributed by atoms with E-state index in [0.717, 1.165) is 12.0 Å². The Kier molecular flexibility index (Phi) is 8.09. The summed E-state index contributed by atoms with van der Waals surface area (Å²) in [6, 6.07) is 5.46. The number of ether oxygens (including phenoxy) is 3. The normalized spacial score (nSPS) is 11.5. The first-order chi connectivity index (χ1) is 11.5. The molecule has 0 N–H and O–H groups in total. The average molecular weight is 337 g/mol. The third-order valence-corrected chi connectivity index (χ3v) is 3.91. The number of hydrogen-bond acceptors (Lipinski definition) is 5. The topological polar surface area (TPSA) is 65.1 Å². The third-order valence-electron chi connectivity index (χ3n) is 3.91. The van der Waals surface area contributed by atoms with Gasteiger partial charge < -0.3 is 19.1 Å². The number of nitrogens with zero attached hydrogens (tertiary/aromatic N) is 1. The average Bonchev–Trinajstić information content (AvgIpc) is 2.59. The molecular weight excluding hydrogens is 310 g/mol. The Morgan fingerprint density at radius 3 is 2.38 bits per heavy atom. The highest BCUT2D eigenvalue weighted by molar-refractivity contribution is 5.76. The van der Waals surface area contributed by atoms with Crippen LogP contribution in [0.2, 0.25) is 0 Å². The Hall–Kier alpha value is -2.24. The predicted octanol–water partition coefficient (Wildman–Crippen LogP) is 2.64. The van der Waals surface area contributed by atoms with E-state index < -0.39 is 0 Å². The number of hydrogen-bond donors (Lipinski definition) is 0. The van der Waals surface area contributed by atoms with Crippen molar-refractivity contribution in [2.45, 2.75) is 33.2 Å². The van der Waals surface area contributed by atoms with Gasteiger partial charge in [0.1, 0.15) is 11.5 Å². The van der Waals surface area contributed by atoms with Crippen molar-refractivity contribution in [2.24, 2.45) is 5.92 Å².